The molecule has 2 nitrogen and oxygen atoms in total. The van der Waals surface area contributed by atoms with E-state index in [1.54, 1.807) is 0 Å². The van der Waals surface area contributed by atoms with Crippen molar-refractivity contribution in [2.45, 2.75) is 13.8 Å². The summed E-state index contributed by atoms with van der Waals surface area (Å²) in [5, 5.41) is 2.45. The number of rotatable bonds is 8. The summed E-state index contributed by atoms with van der Waals surface area (Å²) in [7, 11) is 2.12. The molecule has 0 aliphatic heterocycles. The lowest BCUT2D eigenvalue weighted by Gasteiger charge is -2.26. The van der Waals surface area contributed by atoms with Gasteiger partial charge in [0.25, 0.3) is 0 Å². The van der Waals surface area contributed by atoms with Crippen molar-refractivity contribution in [1.82, 2.24) is 0 Å². The van der Waals surface area contributed by atoms with Crippen LogP contribution in [0.5, 0.6) is 0 Å². The zero-order valence-corrected chi connectivity index (χ0v) is 29.4. The molecule has 0 radical (unpaired) electrons. The van der Waals surface area contributed by atoms with Gasteiger partial charge in [-0.25, -0.2) is 0 Å². The van der Waals surface area contributed by atoms with E-state index in [-0.39, 0.29) is 0 Å². The monoisotopic (exact) mass is 658 g/mol. The van der Waals surface area contributed by atoms with Crippen LogP contribution in [0.4, 0.5) is 28.4 Å². The van der Waals surface area contributed by atoms with Crippen molar-refractivity contribution in [3.8, 4) is 33.4 Å². The first-order valence-electron chi connectivity index (χ1n) is 17.7. The van der Waals surface area contributed by atoms with Crippen LogP contribution in [-0.2, 0) is 0 Å². The van der Waals surface area contributed by atoms with Crippen molar-refractivity contribution in [1.29, 1.82) is 0 Å². The molecule has 0 saturated heterocycles. The molecule has 0 aliphatic carbocycles. The molecule has 8 aromatic rings. The zero-order chi connectivity index (χ0) is 35.0. The predicted octanol–water partition coefficient (Wildman–Crippen LogP) is 14.1. The topological polar surface area (TPSA) is 6.48 Å². The Morgan fingerprint density at radius 3 is 1.22 bits per heavy atom. The van der Waals surface area contributed by atoms with Gasteiger partial charge in [-0.2, -0.15) is 0 Å². The lowest BCUT2D eigenvalue weighted by molar-refractivity contribution is 1.21. The Balaban J connectivity index is 0.00000200. The van der Waals surface area contributed by atoms with Gasteiger partial charge in [-0.3, -0.25) is 0 Å². The summed E-state index contributed by atoms with van der Waals surface area (Å²) >= 11 is 0. The maximum atomic E-state index is 2.35. The summed E-state index contributed by atoms with van der Waals surface area (Å²) in [5.41, 5.74) is 12.9. The average molecular weight is 659 g/mol. The summed E-state index contributed by atoms with van der Waals surface area (Å²) in [5.74, 6) is 0. The second-order valence-electron chi connectivity index (χ2n) is 12.3. The Kier molecular flexibility index (Phi) is 10.0. The molecule has 0 heterocycles. The smallest absolute Gasteiger partial charge is 0.0468 e. The van der Waals surface area contributed by atoms with Crippen LogP contribution in [0.15, 0.2) is 200 Å². The van der Waals surface area contributed by atoms with E-state index in [1.807, 2.05) is 13.8 Å². The van der Waals surface area contributed by atoms with Gasteiger partial charge in [-0.1, -0.05) is 153 Å². The highest BCUT2D eigenvalue weighted by atomic mass is 15.1. The predicted molar refractivity (Wildman–Crippen MR) is 221 cm³/mol. The molecule has 0 saturated carbocycles. The lowest BCUT2D eigenvalue weighted by Crippen LogP contribution is -2.10. The van der Waals surface area contributed by atoms with Crippen LogP contribution in [-0.4, -0.2) is 7.05 Å². The summed E-state index contributed by atoms with van der Waals surface area (Å²) in [6.07, 6.45) is 0. The SMILES string of the molecule is CC.CN(c1ccc(-c2ccccc2)cc1)c1ccc(-c2ccc(N(c3cccc(-c4ccccc4)c3)c3ccc4ccccc4c3)cc2)cc1. The second-order valence-corrected chi connectivity index (χ2v) is 12.3. The summed E-state index contributed by atoms with van der Waals surface area (Å²) in [4.78, 5) is 4.58. The van der Waals surface area contributed by atoms with Crippen molar-refractivity contribution >= 4 is 39.2 Å². The van der Waals surface area contributed by atoms with E-state index in [2.05, 4.69) is 217 Å². The maximum Gasteiger partial charge on any atom is 0.0468 e. The van der Waals surface area contributed by atoms with Gasteiger partial charge in [0.05, 0.1) is 0 Å². The molecule has 0 bridgehead atoms. The van der Waals surface area contributed by atoms with Gasteiger partial charge in [0, 0.05) is 35.5 Å². The first-order valence-corrected chi connectivity index (χ1v) is 17.7. The fourth-order valence-corrected chi connectivity index (χ4v) is 6.56. The van der Waals surface area contributed by atoms with Crippen molar-refractivity contribution in [3.63, 3.8) is 0 Å². The minimum Gasteiger partial charge on any atom is -0.345 e. The van der Waals surface area contributed by atoms with Crippen molar-refractivity contribution < 1.29 is 0 Å². The Bertz CT molecular complexity index is 2310. The van der Waals surface area contributed by atoms with E-state index >= 15 is 0 Å². The third-order valence-corrected chi connectivity index (χ3v) is 9.28. The van der Waals surface area contributed by atoms with E-state index in [9.17, 15) is 0 Å². The van der Waals surface area contributed by atoms with E-state index in [1.165, 1.54) is 44.2 Å². The molecule has 0 spiro atoms. The van der Waals surface area contributed by atoms with Gasteiger partial charge in [-0.05, 0) is 105 Å². The fourth-order valence-electron chi connectivity index (χ4n) is 6.56. The van der Waals surface area contributed by atoms with E-state index in [4.69, 9.17) is 0 Å². The molecule has 0 N–H and O–H groups in total. The van der Waals surface area contributed by atoms with Gasteiger partial charge in [0.1, 0.15) is 0 Å². The molecule has 0 amide bonds. The van der Waals surface area contributed by atoms with Crippen LogP contribution in [0, 0.1) is 0 Å². The number of hydrogen-bond donors (Lipinski definition) is 0. The number of hydrogen-bond acceptors (Lipinski definition) is 2. The van der Waals surface area contributed by atoms with E-state index in [0.29, 0.717) is 0 Å². The van der Waals surface area contributed by atoms with Gasteiger partial charge >= 0.3 is 0 Å². The highest BCUT2D eigenvalue weighted by Crippen LogP contribution is 2.39. The van der Waals surface area contributed by atoms with Crippen LogP contribution < -0.4 is 9.80 Å². The largest absolute Gasteiger partial charge is 0.345 e. The van der Waals surface area contributed by atoms with Crippen LogP contribution in [0.25, 0.3) is 44.2 Å². The quantitative estimate of drug-likeness (QED) is 0.160. The molecule has 8 rings (SSSR count). The van der Waals surface area contributed by atoms with Crippen LogP contribution in [0.1, 0.15) is 13.8 Å². The molecule has 0 atom stereocenters. The molecule has 0 unspecified atom stereocenters. The van der Waals surface area contributed by atoms with Crippen molar-refractivity contribution in [3.05, 3.63) is 200 Å². The first-order chi connectivity index (χ1) is 25.2. The molecule has 0 aromatic heterocycles. The highest BCUT2D eigenvalue weighted by molar-refractivity contribution is 5.90. The van der Waals surface area contributed by atoms with Gasteiger partial charge in [0.2, 0.25) is 0 Å². The summed E-state index contributed by atoms with van der Waals surface area (Å²) < 4.78 is 0. The normalized spacial score (nSPS) is 10.6. The molecule has 2 heteroatoms. The molecule has 0 fully saturated rings. The van der Waals surface area contributed by atoms with Gasteiger partial charge in [0.15, 0.2) is 0 Å². The summed E-state index contributed by atoms with van der Waals surface area (Å²) in [6.45, 7) is 4.00. The van der Waals surface area contributed by atoms with Crippen LogP contribution in [0.3, 0.4) is 0 Å². The van der Waals surface area contributed by atoms with E-state index < -0.39 is 0 Å². The van der Waals surface area contributed by atoms with Crippen molar-refractivity contribution in [2.24, 2.45) is 0 Å². The molecular formula is C49H42N2. The van der Waals surface area contributed by atoms with Crippen LogP contribution >= 0.6 is 0 Å². The first kappa shape index (κ1) is 33.1. The molecule has 51 heavy (non-hydrogen) atoms. The van der Waals surface area contributed by atoms with Crippen molar-refractivity contribution in [2.75, 3.05) is 16.8 Å². The third-order valence-electron chi connectivity index (χ3n) is 9.28. The molecule has 248 valence electrons. The molecular weight excluding hydrogens is 617 g/mol. The molecule has 0 aliphatic rings. The molecule has 8 aromatic carbocycles. The minimum absolute atomic E-state index is 1.11. The van der Waals surface area contributed by atoms with E-state index in [0.717, 1.165) is 28.4 Å². The fraction of sp³-hybridized carbons (Fsp3) is 0.0612. The van der Waals surface area contributed by atoms with Gasteiger partial charge < -0.3 is 9.80 Å². The number of anilines is 5. The zero-order valence-electron chi connectivity index (χ0n) is 29.4. The van der Waals surface area contributed by atoms with Crippen LogP contribution in [0.2, 0.25) is 0 Å². The highest BCUT2D eigenvalue weighted by Gasteiger charge is 2.15. The number of fused-ring (bicyclic) bond motifs is 1. The Labute approximate surface area is 302 Å². The lowest BCUT2D eigenvalue weighted by atomic mass is 10.0. The standard InChI is InChI=1S/C47H36N2.C2H6/c1-48(43-26-19-38(20-27-43)35-11-4-2-5-12-35)44-28-21-39(22-29-44)40-23-30-45(31-24-40)49(47-32-25-37-15-8-9-16-41(37)34-47)46-18-10-17-42(33-46)36-13-6-3-7-14-36;1-2/h2-34H,1H3;1-2H3. The minimum atomic E-state index is 1.11. The number of benzene rings is 8. The average Bonchev–Trinajstić information content (AvgIpc) is 3.22. The summed E-state index contributed by atoms with van der Waals surface area (Å²) in [6, 6.07) is 71.6. The Hall–Kier alpha value is -6.38. The Morgan fingerprint density at radius 1 is 0.275 bits per heavy atom. The number of nitrogens with zero attached hydrogens (tertiary/aromatic N) is 2. The second kappa shape index (κ2) is 15.4. The Morgan fingerprint density at radius 2 is 0.667 bits per heavy atom. The maximum absolute atomic E-state index is 2.35. The third kappa shape index (κ3) is 7.32. The van der Waals surface area contributed by atoms with Gasteiger partial charge in [-0.15, -0.1) is 0 Å².